The molecular weight excluding hydrogens is 188 g/mol. The molecule has 2 nitrogen and oxygen atoms in total. The van der Waals surface area contributed by atoms with E-state index in [0.29, 0.717) is 0 Å². The first-order valence-electron chi connectivity index (χ1n) is 3.63. The van der Waals surface area contributed by atoms with Crippen molar-refractivity contribution in [2.75, 3.05) is 14.1 Å². The molecule has 0 saturated heterocycles. The van der Waals surface area contributed by atoms with E-state index in [-0.39, 0.29) is 0 Å². The summed E-state index contributed by atoms with van der Waals surface area (Å²) in [6.07, 6.45) is 0. The van der Waals surface area contributed by atoms with Crippen LogP contribution in [0.25, 0.3) is 10.6 Å². The van der Waals surface area contributed by atoms with E-state index in [1.165, 1.54) is 10.2 Å². The number of nitrogens with zero attached hydrogens (tertiary/aromatic N) is 2. The lowest BCUT2D eigenvalue weighted by Crippen LogP contribution is -2.20. The number of hydrogen-bond acceptors (Lipinski definition) is 3. The largest absolute Gasteiger partial charge is 0.235 e. The molecule has 62 valence electrons. The van der Waals surface area contributed by atoms with Crippen molar-refractivity contribution in [3.05, 3.63) is 23.6 Å². The Kier molecular flexibility index (Phi) is 1.94. The van der Waals surface area contributed by atoms with Crippen molar-refractivity contribution in [2.45, 2.75) is 0 Å². The average molecular weight is 197 g/mol. The zero-order chi connectivity index (χ0) is 8.55. The molecule has 0 atom stereocenters. The summed E-state index contributed by atoms with van der Waals surface area (Å²) in [5, 5.41) is 1.24. The maximum atomic E-state index is 4.26. The quantitative estimate of drug-likeness (QED) is 0.460. The van der Waals surface area contributed by atoms with Crippen molar-refractivity contribution in [1.82, 2.24) is 8.95 Å². The lowest BCUT2D eigenvalue weighted by atomic mass is 10.2. The Balaban J connectivity index is 2.79. The maximum Gasteiger partial charge on any atom is 0.201 e. The fourth-order valence-corrected chi connectivity index (χ4v) is 2.80. The van der Waals surface area contributed by atoms with E-state index in [1.807, 2.05) is 14.1 Å². The maximum absolute atomic E-state index is 4.26. The molecule has 0 amide bonds. The predicted octanol–water partition coefficient (Wildman–Crippen LogP) is 1.34. The number of hydrogen-bond donors (Lipinski definition) is 0. The molecule has 1 aliphatic carbocycles. The van der Waals surface area contributed by atoms with E-state index in [2.05, 4.69) is 27.1 Å². The molecule has 0 spiro atoms. The fourth-order valence-electron chi connectivity index (χ4n) is 1.02. The molecule has 0 N–H and O–H groups in total. The van der Waals surface area contributed by atoms with Crippen LogP contribution in [0.3, 0.4) is 0 Å². The van der Waals surface area contributed by atoms with Gasteiger partial charge in [0.25, 0.3) is 0 Å². The highest BCUT2D eigenvalue weighted by Crippen LogP contribution is 2.25. The Labute approximate surface area is 78.3 Å². The van der Waals surface area contributed by atoms with Crippen LogP contribution in [0.2, 0.25) is 0 Å². The second-order valence-corrected chi connectivity index (χ2v) is 4.68. The number of benzene rings is 1. The van der Waals surface area contributed by atoms with Crippen molar-refractivity contribution in [3.63, 3.8) is 0 Å². The van der Waals surface area contributed by atoms with Gasteiger partial charge in [-0.2, -0.15) is 4.37 Å². The van der Waals surface area contributed by atoms with Gasteiger partial charge >= 0.3 is 0 Å². The first-order chi connectivity index (χ1) is 5.77. The number of fused-ring (bicyclic) bond motifs is 1. The summed E-state index contributed by atoms with van der Waals surface area (Å²) >= 11 is 0. The van der Waals surface area contributed by atoms with Gasteiger partial charge in [-0.3, -0.25) is 0 Å². The van der Waals surface area contributed by atoms with Crippen LogP contribution in [0.4, 0.5) is 0 Å². The molecule has 0 aromatic rings. The van der Waals surface area contributed by atoms with Crippen LogP contribution in [0, 0.1) is 0 Å². The molecule has 0 aromatic heterocycles. The van der Waals surface area contributed by atoms with Crippen molar-refractivity contribution < 1.29 is 0 Å². The Hall–Kier alpha value is -0.740. The third-order valence-corrected chi connectivity index (χ3v) is 3.56. The van der Waals surface area contributed by atoms with Gasteiger partial charge in [-0.05, 0) is 6.07 Å². The Morgan fingerprint density at radius 3 is 2.92 bits per heavy atom. The topological polar surface area (TPSA) is 15.9 Å². The monoisotopic (exact) mass is 197 g/mol. The van der Waals surface area contributed by atoms with Crippen molar-refractivity contribution >= 4 is 20.9 Å². The molecule has 2 aliphatic rings. The molecule has 2 rings (SSSR count). The van der Waals surface area contributed by atoms with Gasteiger partial charge < -0.3 is 0 Å². The molecule has 0 fully saturated rings. The summed E-state index contributed by atoms with van der Waals surface area (Å²) in [5.74, 6) is 0. The lowest BCUT2D eigenvalue weighted by molar-refractivity contribution is 0.814. The second kappa shape index (κ2) is 2.95. The van der Waals surface area contributed by atoms with Gasteiger partial charge in [0, 0.05) is 22.7 Å². The van der Waals surface area contributed by atoms with Crippen molar-refractivity contribution in [3.8, 4) is 10.6 Å². The highest BCUT2D eigenvalue weighted by molar-refractivity contribution is 7.68. The van der Waals surface area contributed by atoms with Gasteiger partial charge in [-0.15, -0.1) is 0 Å². The summed E-state index contributed by atoms with van der Waals surface area (Å²) in [5.41, 5.74) is 1.11. The van der Waals surface area contributed by atoms with Crippen LogP contribution < -0.4 is 9.93 Å². The van der Waals surface area contributed by atoms with Crippen LogP contribution in [0.1, 0.15) is 0 Å². The molecule has 1 aliphatic heterocycles. The summed E-state index contributed by atoms with van der Waals surface area (Å²) in [4.78, 5) is 1.27. The van der Waals surface area contributed by atoms with Crippen molar-refractivity contribution in [1.29, 1.82) is 0 Å². The molecule has 0 radical (unpaired) electrons. The van der Waals surface area contributed by atoms with Gasteiger partial charge in [0.05, 0.1) is 10.6 Å². The van der Waals surface area contributed by atoms with Gasteiger partial charge in [-0.25, -0.2) is 4.58 Å². The summed E-state index contributed by atoms with van der Waals surface area (Å²) in [6, 6.07) is 6.33. The van der Waals surface area contributed by atoms with E-state index in [1.54, 1.807) is 20.9 Å². The fraction of sp³-hybridized carbons (Fsp3) is 0.250. The number of aromatic nitrogens is 1. The van der Waals surface area contributed by atoms with Crippen LogP contribution >= 0.6 is 20.9 Å². The van der Waals surface area contributed by atoms with Gasteiger partial charge in [-0.1, -0.05) is 10.3 Å². The molecular formula is C8H9N2S2+. The predicted molar refractivity (Wildman–Crippen MR) is 53.7 cm³/mol. The van der Waals surface area contributed by atoms with E-state index in [9.17, 15) is 0 Å². The van der Waals surface area contributed by atoms with Gasteiger partial charge in [0.1, 0.15) is 14.1 Å². The first-order valence-corrected chi connectivity index (χ1v) is 5.74. The minimum atomic E-state index is 1.11. The highest BCUT2D eigenvalue weighted by Gasteiger charge is 2.05. The smallest absolute Gasteiger partial charge is 0.201 e. The van der Waals surface area contributed by atoms with Crippen LogP contribution in [0.15, 0.2) is 18.2 Å². The lowest BCUT2D eigenvalue weighted by Gasteiger charge is -1.91. The Morgan fingerprint density at radius 2 is 2.17 bits per heavy atom. The summed E-state index contributed by atoms with van der Waals surface area (Å²) in [7, 11) is 7.36. The minimum Gasteiger partial charge on any atom is -0.235 e. The molecule has 4 heteroatoms. The highest BCUT2D eigenvalue weighted by atomic mass is 32.9. The van der Waals surface area contributed by atoms with E-state index in [0.717, 1.165) is 5.69 Å². The standard InChI is InChI=1S/C8H9N2S2/c1-10(2)6-3-4-7-8(5-6)11-12-9-7/h3-5H,1-2H3/q+1. The van der Waals surface area contributed by atoms with E-state index < -0.39 is 0 Å². The summed E-state index contributed by atoms with van der Waals surface area (Å²) in [6.45, 7) is 0. The molecule has 0 saturated carbocycles. The number of rotatable bonds is 0. The van der Waals surface area contributed by atoms with Gasteiger partial charge in [0.2, 0.25) is 5.36 Å². The molecule has 1 heterocycles. The molecule has 0 aromatic carbocycles. The van der Waals surface area contributed by atoms with Gasteiger partial charge in [0.15, 0.2) is 0 Å². The van der Waals surface area contributed by atoms with Crippen LogP contribution in [-0.2, 0) is 0 Å². The Morgan fingerprint density at radius 1 is 1.33 bits per heavy atom. The third-order valence-electron chi connectivity index (χ3n) is 1.72. The van der Waals surface area contributed by atoms with E-state index >= 15 is 0 Å². The molecule has 0 bridgehead atoms. The minimum absolute atomic E-state index is 1.11. The van der Waals surface area contributed by atoms with Crippen LogP contribution in [0.5, 0.6) is 0 Å². The molecule has 0 unspecified atom stereocenters. The zero-order valence-electron chi connectivity index (χ0n) is 6.94. The normalized spacial score (nSPS) is 10.5. The van der Waals surface area contributed by atoms with E-state index in [4.69, 9.17) is 0 Å². The van der Waals surface area contributed by atoms with Crippen LogP contribution in [-0.4, -0.2) is 18.5 Å². The second-order valence-electron chi connectivity index (χ2n) is 2.80. The summed E-state index contributed by atoms with van der Waals surface area (Å²) < 4.78 is 6.36. The molecule has 12 heavy (non-hydrogen) atoms. The zero-order valence-corrected chi connectivity index (χ0v) is 8.58. The third kappa shape index (κ3) is 1.28. The SMILES string of the molecule is C[N+](C)=c1ccc2nssc-2c1. The van der Waals surface area contributed by atoms with Crippen molar-refractivity contribution in [2.24, 2.45) is 0 Å². The average Bonchev–Trinajstić information content (AvgIpc) is 2.49. The Bertz CT molecular complexity index is 423. The first kappa shape index (κ1) is 7.89.